The van der Waals surface area contributed by atoms with E-state index in [0.29, 0.717) is 17.3 Å². The molecule has 1 N–H and O–H groups in total. The summed E-state index contributed by atoms with van der Waals surface area (Å²) in [4.78, 5) is 18.9. The molecule has 0 bridgehead atoms. The van der Waals surface area contributed by atoms with Crippen LogP contribution in [0.25, 0.3) is 22.3 Å². The molecule has 0 amide bonds. The van der Waals surface area contributed by atoms with Gasteiger partial charge in [-0.05, 0) is 23.9 Å². The predicted molar refractivity (Wildman–Crippen MR) is 67.3 cm³/mol. The van der Waals surface area contributed by atoms with Gasteiger partial charge in [-0.15, -0.1) is 0 Å². The van der Waals surface area contributed by atoms with Gasteiger partial charge in [0.1, 0.15) is 0 Å². The maximum absolute atomic E-state index is 12.0. The Balaban J connectivity index is 2.32. The fourth-order valence-corrected chi connectivity index (χ4v) is 1.96. The van der Waals surface area contributed by atoms with Crippen molar-refractivity contribution in [2.24, 2.45) is 0 Å². The summed E-state index contributed by atoms with van der Waals surface area (Å²) < 4.78 is 4.90. The van der Waals surface area contributed by atoms with Crippen molar-refractivity contribution in [2.45, 2.75) is 13.8 Å². The van der Waals surface area contributed by atoms with Gasteiger partial charge in [0.15, 0.2) is 0 Å². The van der Waals surface area contributed by atoms with Crippen molar-refractivity contribution in [1.29, 1.82) is 0 Å². The minimum absolute atomic E-state index is 0.211. The van der Waals surface area contributed by atoms with E-state index < -0.39 is 0 Å². The number of aryl methyl sites for hydroxylation is 2. The molecule has 0 aliphatic heterocycles. The Morgan fingerprint density at radius 1 is 1.28 bits per heavy atom. The quantitative estimate of drug-likeness (QED) is 0.708. The topological polar surface area (TPSA) is 71.8 Å². The molecule has 0 aliphatic rings. The summed E-state index contributed by atoms with van der Waals surface area (Å²) >= 11 is 0. The number of aromatic amines is 1. The van der Waals surface area contributed by atoms with Gasteiger partial charge in [-0.1, -0.05) is 23.4 Å². The fourth-order valence-electron chi connectivity index (χ4n) is 1.96. The molecular weight excluding hydrogens is 230 g/mol. The Hall–Kier alpha value is -2.43. The first kappa shape index (κ1) is 10.7. The van der Waals surface area contributed by atoms with Crippen LogP contribution in [0.1, 0.15) is 11.5 Å². The lowest BCUT2D eigenvalue weighted by Gasteiger charge is -2.02. The molecule has 2 heterocycles. The largest absolute Gasteiger partial charge is 0.339 e. The van der Waals surface area contributed by atoms with Crippen molar-refractivity contribution < 1.29 is 4.52 Å². The van der Waals surface area contributed by atoms with E-state index in [0.717, 1.165) is 16.5 Å². The van der Waals surface area contributed by atoms with E-state index in [4.69, 9.17) is 4.52 Å². The molecule has 2 aromatic heterocycles. The molecule has 0 spiro atoms. The normalized spacial score (nSPS) is 11.0. The first-order valence-electron chi connectivity index (χ1n) is 5.58. The minimum atomic E-state index is -0.211. The molecule has 0 saturated heterocycles. The van der Waals surface area contributed by atoms with Crippen LogP contribution >= 0.6 is 0 Å². The van der Waals surface area contributed by atoms with Crippen LogP contribution in [0.2, 0.25) is 0 Å². The van der Waals surface area contributed by atoms with Crippen molar-refractivity contribution >= 4 is 10.9 Å². The van der Waals surface area contributed by atoms with E-state index in [9.17, 15) is 4.79 Å². The third kappa shape index (κ3) is 1.60. The fraction of sp³-hybridized carbons (Fsp3) is 0.154. The van der Waals surface area contributed by atoms with Gasteiger partial charge in [0.05, 0.1) is 11.1 Å². The van der Waals surface area contributed by atoms with E-state index in [1.165, 1.54) is 0 Å². The van der Waals surface area contributed by atoms with Gasteiger partial charge in [-0.2, -0.15) is 4.98 Å². The van der Waals surface area contributed by atoms with E-state index in [1.54, 1.807) is 13.0 Å². The van der Waals surface area contributed by atoms with Gasteiger partial charge >= 0.3 is 0 Å². The van der Waals surface area contributed by atoms with Crippen LogP contribution in [-0.2, 0) is 0 Å². The smallest absolute Gasteiger partial charge is 0.259 e. The average molecular weight is 241 g/mol. The molecule has 3 aromatic rings. The Kier molecular flexibility index (Phi) is 2.26. The zero-order valence-electron chi connectivity index (χ0n) is 10.0. The van der Waals surface area contributed by atoms with Crippen LogP contribution in [-0.4, -0.2) is 15.1 Å². The molecule has 0 aliphatic carbocycles. The molecule has 3 rings (SSSR count). The van der Waals surface area contributed by atoms with Crippen molar-refractivity contribution in [3.63, 3.8) is 0 Å². The Morgan fingerprint density at radius 3 is 2.83 bits per heavy atom. The van der Waals surface area contributed by atoms with Crippen LogP contribution in [0.15, 0.2) is 33.6 Å². The highest BCUT2D eigenvalue weighted by molar-refractivity contribution is 5.84. The number of rotatable bonds is 1. The van der Waals surface area contributed by atoms with Crippen LogP contribution in [0, 0.1) is 13.8 Å². The Bertz CT molecular complexity index is 786. The molecule has 0 fully saturated rings. The van der Waals surface area contributed by atoms with Gasteiger partial charge in [0.25, 0.3) is 5.56 Å². The highest BCUT2D eigenvalue weighted by atomic mass is 16.5. The standard InChI is InChI=1S/C13H11N3O2/c1-7-4-3-5-9-6-10(13(17)15-11(7)9)12-14-8(2)18-16-12/h3-6H,1-2H3,(H,15,17). The van der Waals surface area contributed by atoms with Gasteiger partial charge < -0.3 is 9.51 Å². The zero-order valence-corrected chi connectivity index (χ0v) is 10.0. The SMILES string of the molecule is Cc1nc(-c2cc3cccc(C)c3[nH]c2=O)no1. The first-order valence-corrected chi connectivity index (χ1v) is 5.58. The van der Waals surface area contributed by atoms with Gasteiger partial charge in [-0.25, -0.2) is 0 Å². The monoisotopic (exact) mass is 241 g/mol. The number of para-hydroxylation sites is 1. The number of pyridine rings is 1. The summed E-state index contributed by atoms with van der Waals surface area (Å²) in [5.41, 5.74) is 2.08. The lowest BCUT2D eigenvalue weighted by atomic mass is 10.1. The van der Waals surface area contributed by atoms with Crippen LogP contribution in [0.4, 0.5) is 0 Å². The second-order valence-electron chi connectivity index (χ2n) is 4.19. The molecule has 0 unspecified atom stereocenters. The van der Waals surface area contributed by atoms with Gasteiger partial charge in [-0.3, -0.25) is 4.79 Å². The number of aromatic nitrogens is 3. The molecule has 5 heteroatoms. The van der Waals surface area contributed by atoms with E-state index in [1.807, 2.05) is 25.1 Å². The second-order valence-corrected chi connectivity index (χ2v) is 4.19. The van der Waals surface area contributed by atoms with E-state index in [2.05, 4.69) is 15.1 Å². The first-order chi connectivity index (χ1) is 8.65. The third-order valence-corrected chi connectivity index (χ3v) is 2.86. The number of H-pyrrole nitrogens is 1. The maximum Gasteiger partial charge on any atom is 0.259 e. The summed E-state index contributed by atoms with van der Waals surface area (Å²) in [5.74, 6) is 0.755. The summed E-state index contributed by atoms with van der Waals surface area (Å²) in [7, 11) is 0. The van der Waals surface area contributed by atoms with Crippen LogP contribution in [0.5, 0.6) is 0 Å². The molecule has 0 radical (unpaired) electrons. The van der Waals surface area contributed by atoms with Crippen molar-refractivity contribution in [1.82, 2.24) is 15.1 Å². The highest BCUT2D eigenvalue weighted by Crippen LogP contribution is 2.19. The summed E-state index contributed by atoms with van der Waals surface area (Å²) in [6.45, 7) is 3.65. The molecule has 1 aromatic carbocycles. The van der Waals surface area contributed by atoms with Crippen molar-refractivity contribution in [3.8, 4) is 11.4 Å². The number of hydrogen-bond acceptors (Lipinski definition) is 4. The number of fused-ring (bicyclic) bond motifs is 1. The highest BCUT2D eigenvalue weighted by Gasteiger charge is 2.11. The van der Waals surface area contributed by atoms with Crippen molar-refractivity contribution in [3.05, 3.63) is 46.1 Å². The lowest BCUT2D eigenvalue weighted by molar-refractivity contribution is 0.394. The number of hydrogen-bond donors (Lipinski definition) is 1. The molecule has 90 valence electrons. The van der Waals surface area contributed by atoms with Gasteiger partial charge in [0.2, 0.25) is 11.7 Å². The maximum atomic E-state index is 12.0. The summed E-state index contributed by atoms with van der Waals surface area (Å²) in [5, 5.41) is 4.72. The van der Waals surface area contributed by atoms with Crippen LogP contribution in [0.3, 0.4) is 0 Å². The third-order valence-electron chi connectivity index (χ3n) is 2.86. The van der Waals surface area contributed by atoms with Crippen LogP contribution < -0.4 is 5.56 Å². The molecular formula is C13H11N3O2. The van der Waals surface area contributed by atoms with Gasteiger partial charge in [0, 0.05) is 6.92 Å². The number of nitrogens with zero attached hydrogens (tertiary/aromatic N) is 2. The second kappa shape index (κ2) is 3.80. The molecule has 0 saturated carbocycles. The number of benzene rings is 1. The van der Waals surface area contributed by atoms with E-state index in [-0.39, 0.29) is 5.56 Å². The minimum Gasteiger partial charge on any atom is -0.339 e. The summed E-state index contributed by atoms with van der Waals surface area (Å²) in [6, 6.07) is 7.62. The van der Waals surface area contributed by atoms with E-state index >= 15 is 0 Å². The number of nitrogens with one attached hydrogen (secondary N) is 1. The average Bonchev–Trinajstić information content (AvgIpc) is 2.76. The Morgan fingerprint density at radius 2 is 2.11 bits per heavy atom. The lowest BCUT2D eigenvalue weighted by Crippen LogP contribution is -2.10. The summed E-state index contributed by atoms with van der Waals surface area (Å²) in [6.07, 6.45) is 0. The Labute approximate surface area is 102 Å². The zero-order chi connectivity index (χ0) is 12.7. The predicted octanol–water partition coefficient (Wildman–Crippen LogP) is 2.19. The molecule has 18 heavy (non-hydrogen) atoms. The molecule has 0 atom stereocenters. The van der Waals surface area contributed by atoms with Crippen molar-refractivity contribution in [2.75, 3.05) is 0 Å². The molecule has 5 nitrogen and oxygen atoms in total.